The molecule has 126 valence electrons. The van der Waals surface area contributed by atoms with Gasteiger partial charge in [0.25, 0.3) is 5.91 Å². The van der Waals surface area contributed by atoms with Gasteiger partial charge in [-0.05, 0) is 42.0 Å². The molecular formula is C18H11N5OS2. The molecule has 8 heteroatoms. The van der Waals surface area contributed by atoms with Crippen molar-refractivity contribution in [1.29, 1.82) is 0 Å². The van der Waals surface area contributed by atoms with Crippen LogP contribution < -0.4 is 10.6 Å². The number of amides is 1. The lowest BCUT2D eigenvalue weighted by atomic mass is 10.2. The summed E-state index contributed by atoms with van der Waals surface area (Å²) in [5.74, 6) is 0.185. The molecule has 0 atom stereocenters. The smallest absolute Gasteiger partial charge is 0.276 e. The van der Waals surface area contributed by atoms with Crippen molar-refractivity contribution >= 4 is 66.7 Å². The van der Waals surface area contributed by atoms with Gasteiger partial charge >= 0.3 is 0 Å². The minimum Gasteiger partial charge on any atom is -0.326 e. The van der Waals surface area contributed by atoms with E-state index in [1.807, 2.05) is 47.4 Å². The molecule has 1 amide bonds. The summed E-state index contributed by atoms with van der Waals surface area (Å²) in [6.07, 6.45) is 1.76. The van der Waals surface area contributed by atoms with Gasteiger partial charge in [-0.15, -0.1) is 22.7 Å². The summed E-state index contributed by atoms with van der Waals surface area (Å²) in [7, 11) is 0. The van der Waals surface area contributed by atoms with Crippen LogP contribution in [-0.2, 0) is 4.79 Å². The largest absolute Gasteiger partial charge is 0.326 e. The molecule has 0 aliphatic carbocycles. The molecule has 1 aliphatic heterocycles. The zero-order chi connectivity index (χ0) is 17.5. The van der Waals surface area contributed by atoms with E-state index in [0.29, 0.717) is 11.7 Å². The Bertz CT molecular complexity index is 1220. The fraction of sp³-hybridized carbons (Fsp3) is 0. The minimum absolute atomic E-state index is 0.232. The Morgan fingerprint density at radius 3 is 2.73 bits per heavy atom. The van der Waals surface area contributed by atoms with Gasteiger partial charge in [0.2, 0.25) is 5.96 Å². The van der Waals surface area contributed by atoms with Crippen molar-refractivity contribution in [3.05, 3.63) is 58.7 Å². The Hall–Kier alpha value is -3.10. The van der Waals surface area contributed by atoms with E-state index in [-0.39, 0.29) is 5.91 Å². The molecular weight excluding hydrogens is 366 g/mol. The van der Waals surface area contributed by atoms with Gasteiger partial charge in [-0.2, -0.15) is 0 Å². The summed E-state index contributed by atoms with van der Waals surface area (Å²) in [6, 6.07) is 11.7. The second kappa shape index (κ2) is 6.01. The van der Waals surface area contributed by atoms with E-state index in [1.54, 1.807) is 28.7 Å². The Morgan fingerprint density at radius 2 is 1.81 bits per heavy atom. The molecule has 0 bridgehead atoms. The lowest BCUT2D eigenvalue weighted by molar-refractivity contribution is -0.115. The first-order valence-corrected chi connectivity index (χ1v) is 9.56. The lowest BCUT2D eigenvalue weighted by Crippen LogP contribution is -2.29. The molecule has 6 nitrogen and oxygen atoms in total. The number of guanidine groups is 1. The van der Waals surface area contributed by atoms with E-state index >= 15 is 0 Å². The van der Waals surface area contributed by atoms with Crippen LogP contribution in [0.1, 0.15) is 5.56 Å². The molecule has 0 unspecified atom stereocenters. The zero-order valence-corrected chi connectivity index (χ0v) is 14.9. The average molecular weight is 377 g/mol. The molecule has 4 aromatic rings. The highest BCUT2D eigenvalue weighted by Gasteiger charge is 2.20. The summed E-state index contributed by atoms with van der Waals surface area (Å²) in [6.45, 7) is 0. The SMILES string of the molecule is O=C1NC(Nc2ccc3ncsc3c2)=N/C1=C\c1ccc2scnc2c1. The zero-order valence-electron chi connectivity index (χ0n) is 13.3. The summed E-state index contributed by atoms with van der Waals surface area (Å²) in [5.41, 5.74) is 7.60. The third-order valence-electron chi connectivity index (χ3n) is 3.95. The second-order valence-corrected chi connectivity index (χ2v) is 7.46. The number of anilines is 1. The Labute approximate surface area is 155 Å². The Kier molecular flexibility index (Phi) is 3.51. The van der Waals surface area contributed by atoms with Gasteiger partial charge in [0.15, 0.2) is 0 Å². The summed E-state index contributed by atoms with van der Waals surface area (Å²) >= 11 is 3.16. The molecule has 3 heterocycles. The fourth-order valence-corrected chi connectivity index (χ4v) is 4.09. The number of benzene rings is 2. The van der Waals surface area contributed by atoms with Gasteiger partial charge < -0.3 is 5.32 Å². The Balaban J connectivity index is 1.42. The van der Waals surface area contributed by atoms with Crippen molar-refractivity contribution in [3.63, 3.8) is 0 Å². The molecule has 0 saturated heterocycles. The van der Waals surface area contributed by atoms with Crippen molar-refractivity contribution in [2.24, 2.45) is 4.99 Å². The van der Waals surface area contributed by atoms with Gasteiger partial charge in [0.1, 0.15) is 5.70 Å². The van der Waals surface area contributed by atoms with E-state index in [0.717, 1.165) is 31.7 Å². The van der Waals surface area contributed by atoms with E-state index < -0.39 is 0 Å². The molecule has 0 radical (unpaired) electrons. The number of nitrogens with one attached hydrogen (secondary N) is 2. The number of rotatable bonds is 2. The number of thiazole rings is 2. The van der Waals surface area contributed by atoms with Gasteiger partial charge in [0, 0.05) is 5.69 Å². The molecule has 0 fully saturated rings. The van der Waals surface area contributed by atoms with Crippen LogP contribution in [0.25, 0.3) is 26.5 Å². The predicted octanol–water partition coefficient (Wildman–Crippen LogP) is 3.84. The molecule has 5 rings (SSSR count). The maximum atomic E-state index is 12.2. The number of aliphatic imine (C=N–C) groups is 1. The topological polar surface area (TPSA) is 79.3 Å². The summed E-state index contributed by atoms with van der Waals surface area (Å²) in [5, 5.41) is 5.89. The molecule has 2 aromatic carbocycles. The monoisotopic (exact) mass is 377 g/mol. The van der Waals surface area contributed by atoms with E-state index in [4.69, 9.17) is 0 Å². The van der Waals surface area contributed by atoms with Gasteiger partial charge in [-0.25, -0.2) is 15.0 Å². The normalized spacial score (nSPS) is 15.6. The predicted molar refractivity (Wildman–Crippen MR) is 106 cm³/mol. The van der Waals surface area contributed by atoms with E-state index in [1.165, 1.54) is 0 Å². The first-order valence-electron chi connectivity index (χ1n) is 7.80. The van der Waals surface area contributed by atoms with Gasteiger partial charge in [-0.3, -0.25) is 10.1 Å². The van der Waals surface area contributed by atoms with Crippen molar-refractivity contribution in [2.45, 2.75) is 0 Å². The molecule has 1 aliphatic rings. The number of fused-ring (bicyclic) bond motifs is 2. The van der Waals surface area contributed by atoms with Crippen LogP contribution in [0.2, 0.25) is 0 Å². The average Bonchev–Trinajstić information content (AvgIpc) is 3.35. The Morgan fingerprint density at radius 1 is 0.962 bits per heavy atom. The van der Waals surface area contributed by atoms with Crippen LogP contribution >= 0.6 is 22.7 Å². The number of hydrogen-bond acceptors (Lipinski definition) is 7. The second-order valence-electron chi connectivity index (χ2n) is 5.68. The minimum atomic E-state index is -0.232. The molecule has 0 saturated carbocycles. The summed E-state index contributed by atoms with van der Waals surface area (Å²) in [4.78, 5) is 25.1. The lowest BCUT2D eigenvalue weighted by Gasteiger charge is -2.04. The summed E-state index contributed by atoms with van der Waals surface area (Å²) < 4.78 is 2.19. The first kappa shape index (κ1) is 15.2. The van der Waals surface area contributed by atoms with Gasteiger partial charge in [-0.1, -0.05) is 6.07 Å². The number of nitrogens with zero attached hydrogens (tertiary/aromatic N) is 3. The van der Waals surface area contributed by atoms with Crippen LogP contribution in [0.4, 0.5) is 5.69 Å². The fourth-order valence-electron chi connectivity index (χ4n) is 2.72. The molecule has 26 heavy (non-hydrogen) atoms. The maximum Gasteiger partial charge on any atom is 0.276 e. The van der Waals surface area contributed by atoms with Crippen molar-refractivity contribution in [1.82, 2.24) is 15.3 Å². The van der Waals surface area contributed by atoms with Crippen molar-refractivity contribution in [2.75, 3.05) is 5.32 Å². The number of hydrogen-bond donors (Lipinski definition) is 2. The molecule has 2 N–H and O–H groups in total. The highest BCUT2D eigenvalue weighted by atomic mass is 32.1. The van der Waals surface area contributed by atoms with Crippen molar-refractivity contribution < 1.29 is 4.79 Å². The maximum absolute atomic E-state index is 12.2. The van der Waals surface area contributed by atoms with E-state index in [9.17, 15) is 4.79 Å². The van der Waals surface area contributed by atoms with Crippen LogP contribution in [-0.4, -0.2) is 21.8 Å². The van der Waals surface area contributed by atoms with E-state index in [2.05, 4.69) is 25.6 Å². The van der Waals surface area contributed by atoms with Crippen LogP contribution in [0, 0.1) is 0 Å². The van der Waals surface area contributed by atoms with Crippen LogP contribution in [0.15, 0.2) is 58.1 Å². The molecule has 2 aromatic heterocycles. The number of carbonyl (C=O) groups excluding carboxylic acids is 1. The van der Waals surface area contributed by atoms with Crippen LogP contribution in [0.5, 0.6) is 0 Å². The highest BCUT2D eigenvalue weighted by molar-refractivity contribution is 7.17. The first-order chi connectivity index (χ1) is 12.7. The third-order valence-corrected chi connectivity index (χ3v) is 5.55. The standard InChI is InChI=1S/C18H11N5OS2/c24-17-14(6-10-1-4-15-13(5-10)20-9-25-15)22-18(23-17)21-11-2-3-12-16(7-11)26-8-19-12/h1-9H,(H2,21,22,23,24)/b14-6-. The quantitative estimate of drug-likeness (QED) is 0.520. The highest BCUT2D eigenvalue weighted by Crippen LogP contribution is 2.23. The third kappa shape index (κ3) is 2.75. The van der Waals surface area contributed by atoms with Crippen molar-refractivity contribution in [3.8, 4) is 0 Å². The van der Waals surface area contributed by atoms with Gasteiger partial charge in [0.05, 0.1) is 31.5 Å². The number of aromatic nitrogens is 2. The molecule has 0 spiro atoms. The number of carbonyl (C=O) groups is 1. The van der Waals surface area contributed by atoms with Crippen LogP contribution in [0.3, 0.4) is 0 Å².